The zero-order valence-electron chi connectivity index (χ0n) is 20.8. The van der Waals surface area contributed by atoms with Crippen molar-refractivity contribution in [1.29, 1.82) is 0 Å². The molecule has 182 valence electrons. The van der Waals surface area contributed by atoms with Crippen molar-refractivity contribution < 1.29 is 4.79 Å². The number of piperazine rings is 1. The number of aromatic nitrogens is 4. The minimum atomic E-state index is 0.0716. The van der Waals surface area contributed by atoms with Crippen molar-refractivity contribution in [1.82, 2.24) is 29.5 Å². The minimum Gasteiger partial charge on any atom is -0.336 e. The Bertz CT molecular complexity index is 1320. The summed E-state index contributed by atoms with van der Waals surface area (Å²) >= 11 is 1.69. The van der Waals surface area contributed by atoms with Gasteiger partial charge in [-0.1, -0.05) is 44.2 Å². The van der Waals surface area contributed by atoms with E-state index >= 15 is 0 Å². The fourth-order valence-electron chi connectivity index (χ4n) is 4.49. The van der Waals surface area contributed by atoms with Crippen LogP contribution in [0, 0.1) is 0 Å². The van der Waals surface area contributed by atoms with Crippen LogP contribution < -0.4 is 0 Å². The Morgan fingerprint density at radius 2 is 1.77 bits per heavy atom. The quantitative estimate of drug-likeness (QED) is 0.372. The molecule has 0 bridgehead atoms. The lowest BCUT2D eigenvalue weighted by molar-refractivity contribution is 0.0629. The van der Waals surface area contributed by atoms with Crippen LogP contribution in [0.2, 0.25) is 0 Å². The van der Waals surface area contributed by atoms with Gasteiger partial charge in [-0.05, 0) is 25.8 Å². The third-order valence-corrected chi connectivity index (χ3v) is 7.46. The van der Waals surface area contributed by atoms with Crippen LogP contribution in [-0.4, -0.2) is 61.6 Å². The van der Waals surface area contributed by atoms with E-state index in [-0.39, 0.29) is 17.9 Å². The van der Waals surface area contributed by atoms with E-state index in [0.717, 1.165) is 52.6 Å². The van der Waals surface area contributed by atoms with Crippen LogP contribution in [0.4, 0.5) is 0 Å². The Hall–Kier alpha value is -3.10. The lowest BCUT2D eigenvalue weighted by atomic mass is 10.0. The lowest BCUT2D eigenvalue weighted by Gasteiger charge is -2.34. The fourth-order valence-corrected chi connectivity index (χ4v) is 5.31. The van der Waals surface area contributed by atoms with E-state index in [0.29, 0.717) is 18.7 Å². The minimum absolute atomic E-state index is 0.0716. The van der Waals surface area contributed by atoms with E-state index in [2.05, 4.69) is 55.2 Å². The van der Waals surface area contributed by atoms with Gasteiger partial charge in [0.15, 0.2) is 5.65 Å². The van der Waals surface area contributed by atoms with Crippen molar-refractivity contribution in [3.05, 3.63) is 64.9 Å². The van der Waals surface area contributed by atoms with Crippen LogP contribution in [0.15, 0.2) is 48.0 Å². The number of benzene rings is 1. The third kappa shape index (κ3) is 4.86. The molecule has 8 heteroatoms. The summed E-state index contributed by atoms with van der Waals surface area (Å²) in [4.78, 5) is 27.7. The van der Waals surface area contributed by atoms with Crippen LogP contribution in [0.5, 0.6) is 0 Å². The molecule has 0 atom stereocenters. The summed E-state index contributed by atoms with van der Waals surface area (Å²) in [6, 6.07) is 12.5. The van der Waals surface area contributed by atoms with Crippen molar-refractivity contribution in [3.63, 3.8) is 0 Å². The van der Waals surface area contributed by atoms with Gasteiger partial charge in [-0.3, -0.25) is 9.69 Å². The van der Waals surface area contributed by atoms with Crippen LogP contribution >= 0.6 is 11.3 Å². The molecule has 1 aliphatic rings. The molecule has 0 aliphatic carbocycles. The van der Waals surface area contributed by atoms with E-state index in [1.165, 1.54) is 0 Å². The molecule has 0 N–H and O–H groups in total. The molecular formula is C27H32N6OS. The zero-order chi connectivity index (χ0) is 24.5. The first-order valence-corrected chi connectivity index (χ1v) is 13.2. The highest BCUT2D eigenvalue weighted by molar-refractivity contribution is 7.13. The Labute approximate surface area is 210 Å². The summed E-state index contributed by atoms with van der Waals surface area (Å²) in [5.41, 5.74) is 4.69. The Morgan fingerprint density at radius 3 is 2.46 bits per heavy atom. The molecule has 5 rings (SSSR count). The molecule has 1 aliphatic heterocycles. The van der Waals surface area contributed by atoms with Crippen molar-refractivity contribution in [2.45, 2.75) is 46.2 Å². The highest BCUT2D eigenvalue weighted by Gasteiger charge is 2.26. The smallest absolute Gasteiger partial charge is 0.254 e. The van der Waals surface area contributed by atoms with Gasteiger partial charge < -0.3 is 4.90 Å². The summed E-state index contributed by atoms with van der Waals surface area (Å²) in [6.07, 6.45) is 1.79. The largest absolute Gasteiger partial charge is 0.336 e. The van der Waals surface area contributed by atoms with Crippen LogP contribution in [0.3, 0.4) is 0 Å². The number of hydrogen-bond donors (Lipinski definition) is 0. The molecule has 1 saturated heterocycles. The first-order valence-electron chi connectivity index (χ1n) is 12.3. The van der Waals surface area contributed by atoms with Gasteiger partial charge in [0.25, 0.3) is 5.91 Å². The number of thiazole rings is 1. The SMILES string of the molecule is CC(C)c1cc(C(=O)N2CCN(Cc3csc(-c4ccccc4)n3)CC2)c2cnn(C(C)C)c2n1. The average Bonchev–Trinajstić information content (AvgIpc) is 3.51. The van der Waals surface area contributed by atoms with E-state index in [9.17, 15) is 4.79 Å². The van der Waals surface area contributed by atoms with E-state index in [1.54, 1.807) is 17.5 Å². The van der Waals surface area contributed by atoms with Gasteiger partial charge in [-0.15, -0.1) is 11.3 Å². The van der Waals surface area contributed by atoms with Gasteiger partial charge in [0.2, 0.25) is 0 Å². The van der Waals surface area contributed by atoms with Gasteiger partial charge in [0, 0.05) is 55.4 Å². The number of hydrogen-bond acceptors (Lipinski definition) is 6. The molecule has 4 heterocycles. The van der Waals surface area contributed by atoms with Crippen molar-refractivity contribution in [2.24, 2.45) is 0 Å². The maximum Gasteiger partial charge on any atom is 0.254 e. The van der Waals surface area contributed by atoms with Gasteiger partial charge in [0.05, 0.1) is 22.8 Å². The number of carbonyl (C=O) groups is 1. The maximum absolute atomic E-state index is 13.6. The number of amides is 1. The zero-order valence-corrected chi connectivity index (χ0v) is 21.6. The van der Waals surface area contributed by atoms with Crippen molar-refractivity contribution in [3.8, 4) is 10.6 Å². The van der Waals surface area contributed by atoms with E-state index < -0.39 is 0 Å². The van der Waals surface area contributed by atoms with E-state index in [1.807, 2.05) is 33.8 Å². The number of rotatable bonds is 6. The molecule has 4 aromatic rings. The van der Waals surface area contributed by atoms with E-state index in [4.69, 9.17) is 9.97 Å². The Balaban J connectivity index is 1.28. The Morgan fingerprint density at radius 1 is 1.03 bits per heavy atom. The van der Waals surface area contributed by atoms with Gasteiger partial charge in [-0.25, -0.2) is 14.6 Å². The standard InChI is InChI=1S/C27H32N6OS/c1-18(2)24-14-22(23-15-28-33(19(3)4)25(23)30-24)27(34)32-12-10-31(11-13-32)16-21-17-35-26(29-21)20-8-6-5-7-9-20/h5-9,14-15,17-19H,10-13,16H2,1-4H3. The van der Waals surface area contributed by atoms with Crippen molar-refractivity contribution >= 4 is 28.3 Å². The number of fused-ring (bicyclic) bond motifs is 1. The number of pyridine rings is 1. The third-order valence-electron chi connectivity index (χ3n) is 6.52. The molecule has 0 spiro atoms. The molecule has 3 aromatic heterocycles. The lowest BCUT2D eigenvalue weighted by Crippen LogP contribution is -2.48. The highest BCUT2D eigenvalue weighted by atomic mass is 32.1. The summed E-state index contributed by atoms with van der Waals surface area (Å²) in [7, 11) is 0. The maximum atomic E-state index is 13.6. The molecule has 7 nitrogen and oxygen atoms in total. The van der Waals surface area contributed by atoms with Crippen molar-refractivity contribution in [2.75, 3.05) is 26.2 Å². The first kappa shape index (κ1) is 23.6. The molecule has 0 saturated carbocycles. The molecule has 0 radical (unpaired) electrons. The van der Waals surface area contributed by atoms with Crippen LogP contribution in [-0.2, 0) is 6.54 Å². The van der Waals surface area contributed by atoms with Gasteiger partial charge >= 0.3 is 0 Å². The topological polar surface area (TPSA) is 67.2 Å². The molecular weight excluding hydrogens is 456 g/mol. The first-order chi connectivity index (χ1) is 16.9. The summed E-state index contributed by atoms with van der Waals surface area (Å²) < 4.78 is 1.91. The van der Waals surface area contributed by atoms with Crippen LogP contribution in [0.25, 0.3) is 21.6 Å². The average molecular weight is 489 g/mol. The normalized spacial score (nSPS) is 15.0. The van der Waals surface area contributed by atoms with Gasteiger partial charge in [-0.2, -0.15) is 5.10 Å². The fraction of sp³-hybridized carbons (Fsp3) is 0.407. The molecule has 35 heavy (non-hydrogen) atoms. The molecule has 1 aromatic carbocycles. The van der Waals surface area contributed by atoms with Gasteiger partial charge in [0.1, 0.15) is 5.01 Å². The molecule has 0 unspecified atom stereocenters. The summed E-state index contributed by atoms with van der Waals surface area (Å²) in [5.74, 6) is 0.305. The summed E-state index contributed by atoms with van der Waals surface area (Å²) in [5, 5.41) is 8.58. The second kappa shape index (κ2) is 9.87. The molecule has 1 amide bonds. The second-order valence-electron chi connectivity index (χ2n) is 9.75. The van der Waals surface area contributed by atoms with Crippen LogP contribution in [0.1, 0.15) is 61.4 Å². The summed E-state index contributed by atoms with van der Waals surface area (Å²) in [6.45, 7) is 12.3. The monoisotopic (exact) mass is 488 g/mol. The highest BCUT2D eigenvalue weighted by Crippen LogP contribution is 2.27. The number of nitrogens with zero attached hydrogens (tertiary/aromatic N) is 6. The predicted octanol–water partition coefficient (Wildman–Crippen LogP) is 5.22. The molecule has 1 fully saturated rings. The second-order valence-corrected chi connectivity index (χ2v) is 10.6. The Kier molecular flexibility index (Phi) is 6.67. The predicted molar refractivity (Wildman–Crippen MR) is 141 cm³/mol. The number of carbonyl (C=O) groups excluding carboxylic acids is 1.